The molecule has 116 valence electrons. The molecule has 5 heteroatoms. The van der Waals surface area contributed by atoms with E-state index in [0.717, 1.165) is 12.8 Å². The summed E-state index contributed by atoms with van der Waals surface area (Å²) in [6.07, 6.45) is 1.93. The molecular weight excluding hydrogens is 291 g/mol. The Hall–Kier alpha value is -1.13. The number of benzene rings is 1. The average Bonchev–Trinajstić information content (AvgIpc) is 3.23. The number of amides is 1. The zero-order valence-electron chi connectivity index (χ0n) is 12.5. The molecule has 1 amide bonds. The second kappa shape index (κ2) is 6.75. The molecule has 0 radical (unpaired) electrons. The number of carbonyl (C=O) groups is 1. The SMILES string of the molecule is CC(C)C(CN)C(=O)N(Cc1c(F)cccc1Cl)C1CC1. The van der Waals surface area contributed by atoms with Gasteiger partial charge in [0, 0.05) is 23.2 Å². The first-order valence-corrected chi connectivity index (χ1v) is 7.77. The van der Waals surface area contributed by atoms with Crippen LogP contribution in [-0.2, 0) is 11.3 Å². The largest absolute Gasteiger partial charge is 0.335 e. The van der Waals surface area contributed by atoms with E-state index in [9.17, 15) is 9.18 Å². The minimum Gasteiger partial charge on any atom is -0.335 e. The van der Waals surface area contributed by atoms with Crippen molar-refractivity contribution in [1.29, 1.82) is 0 Å². The van der Waals surface area contributed by atoms with Gasteiger partial charge in [-0.05, 0) is 30.9 Å². The third kappa shape index (κ3) is 3.74. The molecule has 1 atom stereocenters. The summed E-state index contributed by atoms with van der Waals surface area (Å²) in [5.74, 6) is -0.417. The Balaban J connectivity index is 2.22. The highest BCUT2D eigenvalue weighted by Gasteiger charge is 2.36. The van der Waals surface area contributed by atoms with Gasteiger partial charge >= 0.3 is 0 Å². The Morgan fingerprint density at radius 3 is 2.62 bits per heavy atom. The van der Waals surface area contributed by atoms with Gasteiger partial charge in [-0.25, -0.2) is 4.39 Å². The topological polar surface area (TPSA) is 46.3 Å². The molecule has 1 aliphatic carbocycles. The van der Waals surface area contributed by atoms with E-state index in [1.807, 2.05) is 13.8 Å². The van der Waals surface area contributed by atoms with E-state index in [2.05, 4.69) is 0 Å². The van der Waals surface area contributed by atoms with Crippen LogP contribution in [0.4, 0.5) is 4.39 Å². The van der Waals surface area contributed by atoms with Crippen molar-refractivity contribution in [1.82, 2.24) is 4.90 Å². The van der Waals surface area contributed by atoms with Gasteiger partial charge in [-0.15, -0.1) is 0 Å². The fourth-order valence-electron chi connectivity index (χ4n) is 2.50. The van der Waals surface area contributed by atoms with Gasteiger partial charge in [0.05, 0.1) is 12.5 Å². The molecule has 3 nitrogen and oxygen atoms in total. The zero-order chi connectivity index (χ0) is 15.6. The van der Waals surface area contributed by atoms with Crippen LogP contribution in [0, 0.1) is 17.7 Å². The maximum absolute atomic E-state index is 14.0. The minimum atomic E-state index is -0.366. The third-order valence-electron chi connectivity index (χ3n) is 4.04. The van der Waals surface area contributed by atoms with Crippen molar-refractivity contribution in [3.8, 4) is 0 Å². The van der Waals surface area contributed by atoms with E-state index >= 15 is 0 Å². The summed E-state index contributed by atoms with van der Waals surface area (Å²) in [5.41, 5.74) is 6.13. The highest BCUT2D eigenvalue weighted by atomic mass is 35.5. The van der Waals surface area contributed by atoms with Gasteiger partial charge < -0.3 is 10.6 Å². The van der Waals surface area contributed by atoms with Crippen molar-refractivity contribution in [3.63, 3.8) is 0 Å². The Labute approximate surface area is 130 Å². The predicted molar refractivity (Wildman–Crippen MR) is 82.4 cm³/mol. The maximum Gasteiger partial charge on any atom is 0.227 e. The Morgan fingerprint density at radius 2 is 2.14 bits per heavy atom. The molecule has 0 spiro atoms. The zero-order valence-corrected chi connectivity index (χ0v) is 13.2. The molecule has 2 rings (SSSR count). The average molecular weight is 313 g/mol. The summed E-state index contributed by atoms with van der Waals surface area (Å²) in [7, 11) is 0. The van der Waals surface area contributed by atoms with Crippen molar-refractivity contribution in [2.75, 3.05) is 6.54 Å². The molecule has 1 aliphatic rings. The second-order valence-corrected chi connectivity index (χ2v) is 6.39. The van der Waals surface area contributed by atoms with E-state index < -0.39 is 0 Å². The lowest BCUT2D eigenvalue weighted by atomic mass is 9.94. The van der Waals surface area contributed by atoms with Crippen LogP contribution in [0.5, 0.6) is 0 Å². The standard InChI is InChI=1S/C16H22ClFN2O/c1-10(2)12(8-19)16(21)20(11-6-7-11)9-13-14(17)4-3-5-15(13)18/h3-5,10-12H,6-9,19H2,1-2H3. The Morgan fingerprint density at radius 1 is 1.48 bits per heavy atom. The van der Waals surface area contributed by atoms with Crippen LogP contribution in [0.3, 0.4) is 0 Å². The van der Waals surface area contributed by atoms with Crippen molar-refractivity contribution in [2.24, 2.45) is 17.6 Å². The number of rotatable bonds is 6. The quantitative estimate of drug-likeness (QED) is 0.877. The number of carbonyl (C=O) groups excluding carboxylic acids is 1. The van der Waals surface area contributed by atoms with E-state index in [0.29, 0.717) is 17.1 Å². The third-order valence-corrected chi connectivity index (χ3v) is 4.39. The summed E-state index contributed by atoms with van der Waals surface area (Å²) >= 11 is 6.08. The lowest BCUT2D eigenvalue weighted by Crippen LogP contribution is -2.42. The normalized spacial score (nSPS) is 16.1. The van der Waals surface area contributed by atoms with Crippen LogP contribution in [-0.4, -0.2) is 23.4 Å². The number of nitrogens with zero attached hydrogens (tertiary/aromatic N) is 1. The van der Waals surface area contributed by atoms with E-state index in [4.69, 9.17) is 17.3 Å². The van der Waals surface area contributed by atoms with Crippen LogP contribution in [0.25, 0.3) is 0 Å². The molecule has 0 bridgehead atoms. The van der Waals surface area contributed by atoms with Crippen LogP contribution >= 0.6 is 11.6 Å². The fourth-order valence-corrected chi connectivity index (χ4v) is 2.72. The molecule has 0 saturated heterocycles. The lowest BCUT2D eigenvalue weighted by Gasteiger charge is -2.29. The van der Waals surface area contributed by atoms with E-state index in [-0.39, 0.29) is 36.1 Å². The molecule has 1 aromatic rings. The molecule has 21 heavy (non-hydrogen) atoms. The van der Waals surface area contributed by atoms with Gasteiger partial charge in [-0.3, -0.25) is 4.79 Å². The fraction of sp³-hybridized carbons (Fsp3) is 0.562. The smallest absolute Gasteiger partial charge is 0.227 e. The van der Waals surface area contributed by atoms with Gasteiger partial charge in [0.15, 0.2) is 0 Å². The van der Waals surface area contributed by atoms with Crippen LogP contribution in [0.2, 0.25) is 5.02 Å². The van der Waals surface area contributed by atoms with E-state index in [1.54, 1.807) is 17.0 Å². The van der Waals surface area contributed by atoms with Crippen molar-refractivity contribution >= 4 is 17.5 Å². The molecule has 2 N–H and O–H groups in total. The van der Waals surface area contributed by atoms with Gasteiger partial charge in [0.25, 0.3) is 0 Å². The lowest BCUT2D eigenvalue weighted by molar-refractivity contribution is -0.137. The second-order valence-electron chi connectivity index (χ2n) is 5.98. The number of nitrogens with two attached hydrogens (primary N) is 1. The first kappa shape index (κ1) is 16.2. The number of hydrogen-bond donors (Lipinski definition) is 1. The van der Waals surface area contributed by atoms with Crippen molar-refractivity contribution in [2.45, 2.75) is 39.3 Å². The monoisotopic (exact) mass is 312 g/mol. The van der Waals surface area contributed by atoms with Gasteiger partial charge in [-0.1, -0.05) is 31.5 Å². The summed E-state index contributed by atoms with van der Waals surface area (Å²) < 4.78 is 14.0. The summed E-state index contributed by atoms with van der Waals surface area (Å²) in [6, 6.07) is 4.79. The minimum absolute atomic E-state index is 0.00863. The Bertz CT molecular complexity index is 497. The summed E-state index contributed by atoms with van der Waals surface area (Å²) in [5, 5.41) is 0.363. The molecule has 1 saturated carbocycles. The van der Waals surface area contributed by atoms with Crippen LogP contribution in [0.15, 0.2) is 18.2 Å². The van der Waals surface area contributed by atoms with Crippen LogP contribution in [0.1, 0.15) is 32.3 Å². The maximum atomic E-state index is 14.0. The van der Waals surface area contributed by atoms with Gasteiger partial charge in [-0.2, -0.15) is 0 Å². The first-order chi connectivity index (χ1) is 9.95. The molecule has 0 aliphatic heterocycles. The highest BCUT2D eigenvalue weighted by molar-refractivity contribution is 6.31. The molecular formula is C16H22ClFN2O. The molecule has 0 aromatic heterocycles. The molecule has 1 unspecified atom stereocenters. The summed E-state index contributed by atoms with van der Waals surface area (Å²) in [6.45, 7) is 4.50. The summed E-state index contributed by atoms with van der Waals surface area (Å²) in [4.78, 5) is 14.5. The molecule has 1 aromatic carbocycles. The number of hydrogen-bond acceptors (Lipinski definition) is 2. The first-order valence-electron chi connectivity index (χ1n) is 7.39. The van der Waals surface area contributed by atoms with Crippen molar-refractivity contribution < 1.29 is 9.18 Å². The van der Waals surface area contributed by atoms with Crippen LogP contribution < -0.4 is 5.73 Å². The van der Waals surface area contributed by atoms with Crippen molar-refractivity contribution in [3.05, 3.63) is 34.6 Å². The van der Waals surface area contributed by atoms with Gasteiger partial charge in [0.2, 0.25) is 5.91 Å². The highest BCUT2D eigenvalue weighted by Crippen LogP contribution is 2.32. The molecule has 0 heterocycles. The number of halogens is 2. The predicted octanol–water partition coefficient (Wildman–Crippen LogP) is 3.20. The van der Waals surface area contributed by atoms with Gasteiger partial charge in [0.1, 0.15) is 5.82 Å². The molecule has 1 fully saturated rings. The Kier molecular flexibility index (Phi) is 5.22. The van der Waals surface area contributed by atoms with E-state index in [1.165, 1.54) is 6.07 Å².